The van der Waals surface area contributed by atoms with Crippen molar-refractivity contribution in [2.45, 2.75) is 89.6 Å². The summed E-state index contributed by atoms with van der Waals surface area (Å²) in [7, 11) is 0. The van der Waals surface area contributed by atoms with Crippen molar-refractivity contribution in [3.63, 3.8) is 0 Å². The molecular weight excluding hydrogens is 405 g/mol. The number of unbranched alkanes of at least 4 members (excludes halogenated alkanes) is 3. The first-order valence-corrected chi connectivity index (χ1v) is 12.6. The van der Waals surface area contributed by atoms with Crippen molar-refractivity contribution in [2.75, 3.05) is 0 Å². The maximum absolute atomic E-state index is 12.6. The van der Waals surface area contributed by atoms with Gasteiger partial charge in [0.05, 0.1) is 0 Å². The van der Waals surface area contributed by atoms with Crippen LogP contribution in [-0.4, -0.2) is 6.18 Å². The molecule has 1 fully saturated rings. The minimum Gasteiger partial charge on any atom is -0.171 e. The highest BCUT2D eigenvalue weighted by atomic mass is 19.4. The molecule has 32 heavy (non-hydrogen) atoms. The van der Waals surface area contributed by atoms with Gasteiger partial charge in [0.1, 0.15) is 0 Å². The van der Waals surface area contributed by atoms with E-state index in [1.807, 2.05) is 6.07 Å². The molecule has 0 saturated heterocycles. The molecule has 0 unspecified atom stereocenters. The van der Waals surface area contributed by atoms with Crippen LogP contribution in [0.3, 0.4) is 0 Å². The molecule has 0 heterocycles. The van der Waals surface area contributed by atoms with Crippen molar-refractivity contribution in [3.8, 4) is 0 Å². The van der Waals surface area contributed by atoms with Gasteiger partial charge in [-0.1, -0.05) is 119 Å². The van der Waals surface area contributed by atoms with Gasteiger partial charge in [0.25, 0.3) is 0 Å². The van der Waals surface area contributed by atoms with E-state index in [1.165, 1.54) is 50.5 Å². The van der Waals surface area contributed by atoms with Crippen molar-refractivity contribution < 1.29 is 13.2 Å². The molecule has 2 aliphatic carbocycles. The lowest BCUT2D eigenvalue weighted by molar-refractivity contribution is -0.133. The van der Waals surface area contributed by atoms with E-state index in [0.717, 1.165) is 18.8 Å². The first-order chi connectivity index (χ1) is 15.4. The molecule has 0 radical (unpaired) electrons. The lowest BCUT2D eigenvalue weighted by Crippen LogP contribution is -2.30. The summed E-state index contributed by atoms with van der Waals surface area (Å²) < 4.78 is 37.9. The zero-order valence-electron chi connectivity index (χ0n) is 19.5. The Balaban J connectivity index is 1.66. The number of hydrogen-bond acceptors (Lipinski definition) is 0. The number of allylic oxidation sites excluding steroid dienone is 6. The number of rotatable bonds is 10. The smallest absolute Gasteiger partial charge is 0.171 e. The molecule has 0 nitrogen and oxygen atoms in total. The normalized spacial score (nSPS) is 28.4. The molecule has 3 rings (SSSR count). The van der Waals surface area contributed by atoms with Gasteiger partial charge in [-0.05, 0) is 36.7 Å². The number of halogens is 3. The summed E-state index contributed by atoms with van der Waals surface area (Å²) in [5, 5.41) is 0. The van der Waals surface area contributed by atoms with Gasteiger partial charge in [-0.25, -0.2) is 0 Å². The van der Waals surface area contributed by atoms with E-state index < -0.39 is 12.6 Å². The van der Waals surface area contributed by atoms with E-state index in [-0.39, 0.29) is 17.8 Å². The standard InChI is InChI=1S/C29H39F3/c1-2-3-4-6-11-24-14-16-27(17-15-24)28(20-9-10-21-29(30,31)32)22-18-26(19-23-28)25-12-7-5-8-13-25/h5,7-9,12-13,18-20,22-24,26-27H,2-4,6,10-11,14-17,21H2,1H3/b20-9+/t24-,26?,27-,28?. The maximum Gasteiger partial charge on any atom is 0.389 e. The van der Waals surface area contributed by atoms with E-state index in [1.54, 1.807) is 6.08 Å². The second-order valence-electron chi connectivity index (χ2n) is 9.78. The van der Waals surface area contributed by atoms with Crippen LogP contribution >= 0.6 is 0 Å². The highest BCUT2D eigenvalue weighted by Gasteiger charge is 2.36. The summed E-state index contributed by atoms with van der Waals surface area (Å²) in [6.07, 6.45) is 19.6. The van der Waals surface area contributed by atoms with Gasteiger partial charge >= 0.3 is 6.18 Å². The Morgan fingerprint density at radius 3 is 2.25 bits per heavy atom. The van der Waals surface area contributed by atoms with Crippen molar-refractivity contribution in [3.05, 3.63) is 72.4 Å². The Kier molecular flexibility index (Phi) is 9.25. The van der Waals surface area contributed by atoms with Crippen molar-refractivity contribution >= 4 is 0 Å². The minimum absolute atomic E-state index is 0.0574. The van der Waals surface area contributed by atoms with Crippen molar-refractivity contribution in [1.82, 2.24) is 0 Å². The fraction of sp³-hybridized carbons (Fsp3) is 0.586. The monoisotopic (exact) mass is 444 g/mol. The summed E-state index contributed by atoms with van der Waals surface area (Å²) >= 11 is 0. The lowest BCUT2D eigenvalue weighted by Gasteiger charge is -2.41. The van der Waals surface area contributed by atoms with Crippen LogP contribution in [0.4, 0.5) is 13.2 Å². The Morgan fingerprint density at radius 1 is 0.938 bits per heavy atom. The molecule has 1 aromatic rings. The fourth-order valence-electron chi connectivity index (χ4n) is 5.42. The third-order valence-corrected chi connectivity index (χ3v) is 7.39. The van der Waals surface area contributed by atoms with E-state index >= 15 is 0 Å². The third-order valence-electron chi connectivity index (χ3n) is 7.39. The molecule has 0 spiro atoms. The molecule has 1 saturated carbocycles. The topological polar surface area (TPSA) is 0 Å². The number of hydrogen-bond donors (Lipinski definition) is 0. The number of alkyl halides is 3. The molecule has 0 atom stereocenters. The van der Waals surface area contributed by atoms with Crippen LogP contribution in [0.2, 0.25) is 0 Å². The third kappa shape index (κ3) is 7.39. The summed E-state index contributed by atoms with van der Waals surface area (Å²) in [6, 6.07) is 10.4. The second-order valence-corrected chi connectivity index (χ2v) is 9.78. The summed E-state index contributed by atoms with van der Waals surface area (Å²) in [4.78, 5) is 0. The van der Waals surface area contributed by atoms with E-state index in [0.29, 0.717) is 5.92 Å². The minimum atomic E-state index is -4.09. The van der Waals surface area contributed by atoms with Gasteiger partial charge in [0.15, 0.2) is 0 Å². The van der Waals surface area contributed by atoms with Crippen LogP contribution in [0.5, 0.6) is 0 Å². The van der Waals surface area contributed by atoms with Gasteiger partial charge in [0, 0.05) is 17.8 Å². The van der Waals surface area contributed by atoms with Gasteiger partial charge in [-0.3, -0.25) is 0 Å². The lowest BCUT2D eigenvalue weighted by atomic mass is 9.64. The first kappa shape index (κ1) is 24.9. The zero-order valence-corrected chi connectivity index (χ0v) is 19.5. The molecule has 0 aliphatic heterocycles. The molecule has 3 heteroatoms. The van der Waals surface area contributed by atoms with Crippen molar-refractivity contribution in [2.24, 2.45) is 17.3 Å². The van der Waals surface area contributed by atoms with Gasteiger partial charge in [0.2, 0.25) is 0 Å². The van der Waals surface area contributed by atoms with Crippen LogP contribution in [0.15, 0.2) is 66.8 Å². The van der Waals surface area contributed by atoms with E-state index in [4.69, 9.17) is 0 Å². The molecule has 0 amide bonds. The molecule has 1 aromatic carbocycles. The summed E-state index contributed by atoms with van der Waals surface area (Å²) in [6.45, 7) is 2.25. The molecule has 2 aliphatic rings. The summed E-state index contributed by atoms with van der Waals surface area (Å²) in [5.41, 5.74) is 1.01. The molecule has 0 bridgehead atoms. The number of benzene rings is 1. The SMILES string of the molecule is CCCCCC[C@H]1CC[C@H](C2(/C=C/CCC(F)(F)F)C=CC(c3ccccc3)C=C2)CC1. The maximum atomic E-state index is 12.6. The predicted octanol–water partition coefficient (Wildman–Crippen LogP) is 9.56. The van der Waals surface area contributed by atoms with Crippen molar-refractivity contribution in [1.29, 1.82) is 0 Å². The predicted molar refractivity (Wildman–Crippen MR) is 129 cm³/mol. The van der Waals surface area contributed by atoms with Crippen LogP contribution in [0.1, 0.15) is 89.0 Å². The summed E-state index contributed by atoms with van der Waals surface area (Å²) in [5.74, 6) is 1.53. The molecule has 176 valence electrons. The van der Waals surface area contributed by atoms with Crippen LogP contribution in [-0.2, 0) is 0 Å². The average Bonchev–Trinajstić information content (AvgIpc) is 2.80. The van der Waals surface area contributed by atoms with Gasteiger partial charge < -0.3 is 0 Å². The largest absolute Gasteiger partial charge is 0.389 e. The Morgan fingerprint density at radius 2 is 1.62 bits per heavy atom. The molecule has 0 aromatic heterocycles. The highest BCUT2D eigenvalue weighted by molar-refractivity contribution is 5.37. The van der Waals surface area contributed by atoms with Crippen LogP contribution < -0.4 is 0 Å². The average molecular weight is 445 g/mol. The highest BCUT2D eigenvalue weighted by Crippen LogP contribution is 2.47. The Bertz CT molecular complexity index is 734. The zero-order chi connectivity index (χ0) is 22.9. The first-order valence-electron chi connectivity index (χ1n) is 12.6. The Hall–Kier alpha value is -1.77. The fourth-order valence-corrected chi connectivity index (χ4v) is 5.42. The van der Waals surface area contributed by atoms with Gasteiger partial charge in [-0.2, -0.15) is 13.2 Å². The van der Waals surface area contributed by atoms with E-state index in [9.17, 15) is 13.2 Å². The van der Waals surface area contributed by atoms with Gasteiger partial charge in [-0.15, -0.1) is 0 Å². The van der Waals surface area contributed by atoms with Crippen LogP contribution in [0, 0.1) is 17.3 Å². The van der Waals surface area contributed by atoms with Crippen LogP contribution in [0.25, 0.3) is 0 Å². The second kappa shape index (κ2) is 11.9. The molecule has 0 N–H and O–H groups in total. The quantitative estimate of drug-likeness (QED) is 0.249. The Labute approximate surface area is 192 Å². The van der Waals surface area contributed by atoms with E-state index in [2.05, 4.69) is 61.6 Å². The molecular formula is C29H39F3.